The lowest BCUT2D eigenvalue weighted by Gasteiger charge is -2.09. The molecule has 9 heteroatoms. The Labute approximate surface area is 166 Å². The minimum atomic E-state index is -3.60. The fraction of sp³-hybridized carbons (Fsp3) is 0.222. The van der Waals surface area contributed by atoms with Crippen molar-refractivity contribution in [3.8, 4) is 22.1 Å². The summed E-state index contributed by atoms with van der Waals surface area (Å²) >= 11 is 7.13. The topological polar surface area (TPSA) is 78.4 Å². The summed E-state index contributed by atoms with van der Waals surface area (Å²) in [4.78, 5) is 8.34. The lowest BCUT2D eigenvalue weighted by molar-refractivity contribution is 0.311. The number of hydrogen-bond donors (Lipinski definition) is 0. The molecule has 0 amide bonds. The monoisotopic (exact) mass is 424 g/mol. The van der Waals surface area contributed by atoms with Crippen LogP contribution in [0.4, 0.5) is 0 Å². The van der Waals surface area contributed by atoms with E-state index in [0.717, 1.165) is 5.56 Å². The number of pyridine rings is 1. The van der Waals surface area contributed by atoms with Crippen molar-refractivity contribution in [2.45, 2.75) is 17.7 Å². The van der Waals surface area contributed by atoms with E-state index in [0.29, 0.717) is 33.8 Å². The van der Waals surface area contributed by atoms with Crippen molar-refractivity contribution in [3.05, 3.63) is 52.6 Å². The molecule has 27 heavy (non-hydrogen) atoms. The first kappa shape index (κ1) is 19.6. The first-order valence-corrected chi connectivity index (χ1v) is 10.9. The summed E-state index contributed by atoms with van der Waals surface area (Å²) < 4.78 is 35.9. The maximum absolute atomic E-state index is 12.5. The molecule has 0 N–H and O–H groups in total. The SMILES string of the molecule is CCOc1ccc(-c2nc(CS(=O)(=O)c3ccc(Cl)cn3)cs2)cc1OC. The van der Waals surface area contributed by atoms with E-state index in [4.69, 9.17) is 21.1 Å². The molecule has 142 valence electrons. The molecule has 0 fully saturated rings. The number of halogens is 1. The second-order valence-electron chi connectivity index (χ2n) is 5.52. The van der Waals surface area contributed by atoms with E-state index < -0.39 is 9.84 Å². The number of sulfone groups is 1. The summed E-state index contributed by atoms with van der Waals surface area (Å²) in [7, 11) is -2.03. The third-order valence-electron chi connectivity index (χ3n) is 3.62. The summed E-state index contributed by atoms with van der Waals surface area (Å²) in [5, 5.41) is 2.79. The number of aromatic nitrogens is 2. The maximum atomic E-state index is 12.5. The van der Waals surface area contributed by atoms with Crippen molar-refractivity contribution in [2.75, 3.05) is 13.7 Å². The molecule has 2 aromatic heterocycles. The first-order valence-electron chi connectivity index (χ1n) is 8.03. The van der Waals surface area contributed by atoms with Gasteiger partial charge in [0.05, 0.1) is 30.2 Å². The summed E-state index contributed by atoms with van der Waals surface area (Å²) in [5.74, 6) is 1.02. The minimum Gasteiger partial charge on any atom is -0.493 e. The molecule has 2 heterocycles. The Morgan fingerprint density at radius 3 is 2.67 bits per heavy atom. The van der Waals surface area contributed by atoms with E-state index in [9.17, 15) is 8.42 Å². The van der Waals surface area contributed by atoms with Crippen LogP contribution in [0, 0.1) is 0 Å². The van der Waals surface area contributed by atoms with Gasteiger partial charge >= 0.3 is 0 Å². The molecule has 0 radical (unpaired) electrons. The van der Waals surface area contributed by atoms with E-state index in [1.165, 1.54) is 29.7 Å². The number of rotatable bonds is 7. The second-order valence-corrected chi connectivity index (χ2v) is 8.75. The summed E-state index contributed by atoms with van der Waals surface area (Å²) in [6, 6.07) is 8.39. The maximum Gasteiger partial charge on any atom is 0.201 e. The van der Waals surface area contributed by atoms with Crippen molar-refractivity contribution in [1.82, 2.24) is 9.97 Å². The Morgan fingerprint density at radius 2 is 2.00 bits per heavy atom. The van der Waals surface area contributed by atoms with Crippen molar-refractivity contribution in [2.24, 2.45) is 0 Å². The fourth-order valence-electron chi connectivity index (χ4n) is 2.40. The van der Waals surface area contributed by atoms with Crippen molar-refractivity contribution < 1.29 is 17.9 Å². The molecule has 3 aromatic rings. The Morgan fingerprint density at radius 1 is 1.19 bits per heavy atom. The third kappa shape index (κ3) is 4.58. The Hall–Kier alpha value is -2.16. The average Bonchev–Trinajstić information content (AvgIpc) is 3.10. The number of ether oxygens (including phenoxy) is 2. The van der Waals surface area contributed by atoms with E-state index in [1.807, 2.05) is 25.1 Å². The van der Waals surface area contributed by atoms with Crippen LogP contribution in [-0.2, 0) is 15.6 Å². The molecule has 0 saturated heterocycles. The van der Waals surface area contributed by atoms with Crippen molar-refractivity contribution in [3.63, 3.8) is 0 Å². The molecule has 0 aliphatic carbocycles. The van der Waals surface area contributed by atoms with Gasteiger partial charge in [-0.15, -0.1) is 11.3 Å². The minimum absolute atomic E-state index is 0.0239. The Kier molecular flexibility index (Phi) is 5.98. The quantitative estimate of drug-likeness (QED) is 0.564. The highest BCUT2D eigenvalue weighted by Crippen LogP contribution is 2.34. The lowest BCUT2D eigenvalue weighted by Crippen LogP contribution is -2.07. The van der Waals surface area contributed by atoms with Crippen molar-refractivity contribution in [1.29, 1.82) is 0 Å². The normalized spacial score (nSPS) is 11.4. The average molecular weight is 425 g/mol. The molecule has 1 aromatic carbocycles. The summed E-state index contributed by atoms with van der Waals surface area (Å²) in [6.45, 7) is 2.43. The predicted molar refractivity (Wildman–Crippen MR) is 105 cm³/mol. The van der Waals surface area contributed by atoms with Crippen LogP contribution in [0.15, 0.2) is 46.9 Å². The molecular formula is C18H17ClN2O4S2. The highest BCUT2D eigenvalue weighted by molar-refractivity contribution is 7.90. The lowest BCUT2D eigenvalue weighted by atomic mass is 10.2. The molecule has 3 rings (SSSR count). The van der Waals surface area contributed by atoms with E-state index in [-0.39, 0.29) is 10.8 Å². The van der Waals surface area contributed by atoms with Crippen LogP contribution < -0.4 is 9.47 Å². The smallest absolute Gasteiger partial charge is 0.201 e. The van der Waals surface area contributed by atoms with Gasteiger partial charge in [0, 0.05) is 17.1 Å². The highest BCUT2D eigenvalue weighted by atomic mass is 35.5. The van der Waals surface area contributed by atoms with Gasteiger partial charge in [-0.05, 0) is 37.3 Å². The summed E-state index contributed by atoms with van der Waals surface area (Å²) in [5.41, 5.74) is 1.29. The molecule has 6 nitrogen and oxygen atoms in total. The van der Waals surface area contributed by atoms with Gasteiger partial charge < -0.3 is 9.47 Å². The molecule has 0 aliphatic rings. The molecule has 0 atom stereocenters. The van der Waals surface area contributed by atoms with Gasteiger partial charge in [-0.25, -0.2) is 18.4 Å². The van der Waals surface area contributed by atoms with Gasteiger partial charge in [0.15, 0.2) is 16.5 Å². The van der Waals surface area contributed by atoms with Gasteiger partial charge in [-0.2, -0.15) is 0 Å². The standard InChI is InChI=1S/C18H17ClN2O4S2/c1-3-25-15-6-4-12(8-16(15)24-2)18-21-14(10-26-18)11-27(22,23)17-7-5-13(19)9-20-17/h4-10H,3,11H2,1-2H3. The number of nitrogens with zero attached hydrogens (tertiary/aromatic N) is 2. The van der Waals surface area contributed by atoms with E-state index >= 15 is 0 Å². The molecule has 0 spiro atoms. The second kappa shape index (κ2) is 8.24. The molecule has 0 bridgehead atoms. The largest absolute Gasteiger partial charge is 0.493 e. The Bertz CT molecular complexity index is 1030. The van der Waals surface area contributed by atoms with Crippen LogP contribution in [0.3, 0.4) is 0 Å². The molecule has 0 saturated carbocycles. The van der Waals surface area contributed by atoms with Crippen LogP contribution in [0.1, 0.15) is 12.6 Å². The van der Waals surface area contributed by atoms with Crippen LogP contribution in [0.2, 0.25) is 5.02 Å². The third-order valence-corrected chi connectivity index (χ3v) is 6.34. The van der Waals surface area contributed by atoms with Gasteiger partial charge in [0.2, 0.25) is 9.84 Å². The van der Waals surface area contributed by atoms with Gasteiger partial charge in [0.1, 0.15) is 5.01 Å². The number of hydrogen-bond acceptors (Lipinski definition) is 7. The molecular weight excluding hydrogens is 408 g/mol. The van der Waals surface area contributed by atoms with Crippen LogP contribution in [0.25, 0.3) is 10.6 Å². The first-order chi connectivity index (χ1) is 12.9. The van der Waals surface area contributed by atoms with Crippen LogP contribution in [0.5, 0.6) is 11.5 Å². The fourth-order valence-corrected chi connectivity index (χ4v) is 4.60. The molecule has 0 unspecified atom stereocenters. The van der Waals surface area contributed by atoms with Gasteiger partial charge in [0.25, 0.3) is 0 Å². The highest BCUT2D eigenvalue weighted by Gasteiger charge is 2.19. The van der Waals surface area contributed by atoms with Crippen LogP contribution in [-0.4, -0.2) is 32.1 Å². The zero-order valence-electron chi connectivity index (χ0n) is 14.7. The number of benzene rings is 1. The van der Waals surface area contributed by atoms with Crippen molar-refractivity contribution >= 4 is 32.8 Å². The van der Waals surface area contributed by atoms with Gasteiger partial charge in [-0.3, -0.25) is 0 Å². The predicted octanol–water partition coefficient (Wildman–Crippen LogP) is 4.24. The zero-order valence-corrected chi connectivity index (χ0v) is 17.1. The number of methoxy groups -OCH3 is 1. The van der Waals surface area contributed by atoms with E-state index in [1.54, 1.807) is 12.5 Å². The Balaban J connectivity index is 1.83. The van der Waals surface area contributed by atoms with Crippen LogP contribution >= 0.6 is 22.9 Å². The molecule has 0 aliphatic heterocycles. The zero-order chi connectivity index (χ0) is 19.4. The van der Waals surface area contributed by atoms with E-state index in [2.05, 4.69) is 9.97 Å². The number of thiazole rings is 1. The van der Waals surface area contributed by atoms with Gasteiger partial charge in [-0.1, -0.05) is 11.6 Å². The summed E-state index contributed by atoms with van der Waals surface area (Å²) in [6.07, 6.45) is 1.31.